The van der Waals surface area contributed by atoms with Crippen molar-refractivity contribution in [1.29, 1.82) is 0 Å². The third-order valence-corrected chi connectivity index (χ3v) is 2.07. The minimum Gasteiger partial charge on any atom is -0.381 e. The van der Waals surface area contributed by atoms with Crippen molar-refractivity contribution in [3.63, 3.8) is 0 Å². The maximum absolute atomic E-state index is 10.4. The van der Waals surface area contributed by atoms with Crippen molar-refractivity contribution in [1.82, 2.24) is 0 Å². The van der Waals surface area contributed by atoms with E-state index in [-0.39, 0.29) is 5.75 Å². The van der Waals surface area contributed by atoms with E-state index in [0.29, 0.717) is 26.2 Å². The van der Waals surface area contributed by atoms with Gasteiger partial charge in [-0.15, -0.1) is 0 Å². The van der Waals surface area contributed by atoms with E-state index >= 15 is 0 Å². The molecule has 4 N–H and O–H groups in total. The summed E-state index contributed by atoms with van der Waals surface area (Å²) in [5.74, 6) is -0.0182. The summed E-state index contributed by atoms with van der Waals surface area (Å²) in [4.78, 5) is 0. The van der Waals surface area contributed by atoms with Gasteiger partial charge in [0.2, 0.25) is 10.0 Å². The van der Waals surface area contributed by atoms with Crippen LogP contribution in [0.5, 0.6) is 0 Å². The second-order valence-electron chi connectivity index (χ2n) is 2.48. The van der Waals surface area contributed by atoms with Crippen LogP contribution in [0, 0.1) is 0 Å². The fraction of sp³-hybridized carbons (Fsp3) is 1.00. The average Bonchev–Trinajstić information content (AvgIpc) is 1.94. The number of hydrogen-bond acceptors (Lipinski definition) is 4. The molecular formula is C6H16N2O3S. The summed E-state index contributed by atoms with van der Waals surface area (Å²) in [6.07, 6.45) is 1.25. The van der Waals surface area contributed by atoms with Gasteiger partial charge in [-0.3, -0.25) is 0 Å². The van der Waals surface area contributed by atoms with E-state index in [4.69, 9.17) is 15.6 Å². The molecule has 0 spiro atoms. The van der Waals surface area contributed by atoms with Crippen molar-refractivity contribution in [2.75, 3.05) is 25.5 Å². The molecule has 0 aromatic heterocycles. The Morgan fingerprint density at radius 2 is 1.75 bits per heavy atom. The Hall–Kier alpha value is -0.170. The van der Waals surface area contributed by atoms with Gasteiger partial charge in [0.1, 0.15) is 0 Å². The van der Waals surface area contributed by atoms with Gasteiger partial charge in [-0.1, -0.05) is 0 Å². The van der Waals surface area contributed by atoms with Crippen LogP contribution < -0.4 is 10.9 Å². The highest BCUT2D eigenvalue weighted by molar-refractivity contribution is 7.89. The molecule has 0 saturated heterocycles. The fourth-order valence-corrected chi connectivity index (χ4v) is 1.17. The molecule has 0 atom stereocenters. The molecule has 6 heteroatoms. The van der Waals surface area contributed by atoms with E-state index in [1.165, 1.54) is 0 Å². The van der Waals surface area contributed by atoms with E-state index in [1.807, 2.05) is 0 Å². The maximum Gasteiger partial charge on any atom is 0.209 e. The third-order valence-electron chi connectivity index (χ3n) is 1.21. The highest BCUT2D eigenvalue weighted by Crippen LogP contribution is 1.88. The molecule has 0 aliphatic rings. The molecule has 0 aliphatic carbocycles. The fourth-order valence-electron chi connectivity index (χ4n) is 0.650. The average molecular weight is 196 g/mol. The van der Waals surface area contributed by atoms with Gasteiger partial charge in [-0.2, -0.15) is 0 Å². The Labute approximate surface area is 73.1 Å². The molecule has 0 bridgehead atoms. The monoisotopic (exact) mass is 196 g/mol. The van der Waals surface area contributed by atoms with E-state index in [0.717, 1.165) is 6.42 Å². The van der Waals surface area contributed by atoms with Gasteiger partial charge in [0.05, 0.1) is 5.75 Å². The van der Waals surface area contributed by atoms with Gasteiger partial charge >= 0.3 is 0 Å². The maximum atomic E-state index is 10.4. The van der Waals surface area contributed by atoms with Crippen LogP contribution in [0.25, 0.3) is 0 Å². The first-order chi connectivity index (χ1) is 5.56. The Morgan fingerprint density at radius 1 is 1.17 bits per heavy atom. The van der Waals surface area contributed by atoms with E-state index in [2.05, 4.69) is 0 Å². The normalized spacial score (nSPS) is 11.8. The van der Waals surface area contributed by atoms with Crippen molar-refractivity contribution in [3.05, 3.63) is 0 Å². The number of rotatable bonds is 7. The van der Waals surface area contributed by atoms with Crippen molar-refractivity contribution in [2.45, 2.75) is 12.8 Å². The number of ether oxygens (including phenoxy) is 1. The Kier molecular flexibility index (Phi) is 6.27. The first-order valence-electron chi connectivity index (χ1n) is 3.84. The highest BCUT2D eigenvalue weighted by Gasteiger charge is 2.00. The summed E-state index contributed by atoms with van der Waals surface area (Å²) in [5, 5.41) is 4.77. The summed E-state index contributed by atoms with van der Waals surface area (Å²) in [6, 6.07) is 0. The molecule has 0 unspecified atom stereocenters. The van der Waals surface area contributed by atoms with Gasteiger partial charge in [0.15, 0.2) is 0 Å². The summed E-state index contributed by atoms with van der Waals surface area (Å²) in [7, 11) is -3.32. The van der Waals surface area contributed by atoms with Crippen molar-refractivity contribution in [3.8, 4) is 0 Å². The molecule has 0 amide bonds. The van der Waals surface area contributed by atoms with Gasteiger partial charge < -0.3 is 10.5 Å². The van der Waals surface area contributed by atoms with Gasteiger partial charge in [-0.05, 0) is 19.4 Å². The molecule has 0 aromatic carbocycles. The lowest BCUT2D eigenvalue weighted by Gasteiger charge is -2.01. The second kappa shape index (κ2) is 6.36. The zero-order valence-corrected chi connectivity index (χ0v) is 7.85. The molecule has 0 radical (unpaired) electrons. The Balaban J connectivity index is 3.12. The van der Waals surface area contributed by atoms with Crippen molar-refractivity contribution < 1.29 is 13.2 Å². The predicted octanol–water partition coefficient (Wildman–Crippen LogP) is -0.970. The Bertz CT molecular complexity index is 191. The minimum atomic E-state index is -3.32. The van der Waals surface area contributed by atoms with Gasteiger partial charge in [0.25, 0.3) is 0 Å². The van der Waals surface area contributed by atoms with E-state index < -0.39 is 10.0 Å². The first-order valence-corrected chi connectivity index (χ1v) is 5.56. The lowest BCUT2D eigenvalue weighted by molar-refractivity contribution is 0.134. The minimum absolute atomic E-state index is 0.0182. The molecule has 5 nitrogen and oxygen atoms in total. The Morgan fingerprint density at radius 3 is 2.25 bits per heavy atom. The van der Waals surface area contributed by atoms with Crippen LogP contribution in [0.3, 0.4) is 0 Å². The largest absolute Gasteiger partial charge is 0.381 e. The standard InChI is InChI=1S/C6H16N2O3S/c7-3-1-4-11-5-2-6-12(8,9)10/h1-7H2,(H2,8,9,10). The van der Waals surface area contributed by atoms with Crippen molar-refractivity contribution in [2.24, 2.45) is 10.9 Å². The van der Waals surface area contributed by atoms with E-state index in [1.54, 1.807) is 0 Å². The van der Waals surface area contributed by atoms with Crippen LogP contribution in [0.2, 0.25) is 0 Å². The van der Waals surface area contributed by atoms with Crippen LogP contribution in [-0.4, -0.2) is 33.9 Å². The first kappa shape index (κ1) is 11.8. The van der Waals surface area contributed by atoms with Crippen LogP contribution in [0.15, 0.2) is 0 Å². The highest BCUT2D eigenvalue weighted by atomic mass is 32.2. The second-order valence-corrected chi connectivity index (χ2v) is 4.21. The molecule has 0 heterocycles. The topological polar surface area (TPSA) is 95.4 Å². The van der Waals surface area contributed by atoms with Gasteiger partial charge in [0, 0.05) is 13.2 Å². The number of nitrogens with two attached hydrogens (primary N) is 2. The molecule has 74 valence electrons. The van der Waals surface area contributed by atoms with Crippen LogP contribution >= 0.6 is 0 Å². The summed E-state index contributed by atoms with van der Waals surface area (Å²) >= 11 is 0. The number of sulfonamides is 1. The zero-order valence-electron chi connectivity index (χ0n) is 7.03. The predicted molar refractivity (Wildman–Crippen MR) is 47.1 cm³/mol. The third kappa shape index (κ3) is 9.83. The SMILES string of the molecule is NCCCOCCCS(N)(=O)=O. The lowest BCUT2D eigenvalue weighted by Crippen LogP contribution is -2.17. The summed E-state index contributed by atoms with van der Waals surface area (Å²) in [6.45, 7) is 1.60. The number of hydrogen-bond donors (Lipinski definition) is 2. The molecule has 0 fully saturated rings. The molecular weight excluding hydrogens is 180 g/mol. The summed E-state index contributed by atoms with van der Waals surface area (Å²) in [5.41, 5.74) is 5.22. The molecule has 0 saturated carbocycles. The number of primary sulfonamides is 1. The molecule has 0 aliphatic heterocycles. The molecule has 0 rings (SSSR count). The smallest absolute Gasteiger partial charge is 0.209 e. The quantitative estimate of drug-likeness (QED) is 0.512. The van der Waals surface area contributed by atoms with Crippen LogP contribution in [0.4, 0.5) is 0 Å². The summed E-state index contributed by atoms with van der Waals surface area (Å²) < 4.78 is 25.9. The lowest BCUT2D eigenvalue weighted by atomic mass is 10.4. The zero-order chi connectivity index (χ0) is 9.45. The van der Waals surface area contributed by atoms with E-state index in [9.17, 15) is 8.42 Å². The van der Waals surface area contributed by atoms with Crippen LogP contribution in [-0.2, 0) is 14.8 Å². The van der Waals surface area contributed by atoms with Crippen molar-refractivity contribution >= 4 is 10.0 Å². The van der Waals surface area contributed by atoms with Crippen LogP contribution in [0.1, 0.15) is 12.8 Å². The molecule has 0 aromatic rings. The van der Waals surface area contributed by atoms with Gasteiger partial charge in [-0.25, -0.2) is 13.6 Å². The molecule has 12 heavy (non-hydrogen) atoms.